The van der Waals surface area contributed by atoms with E-state index in [1.807, 2.05) is 12.1 Å². The molecule has 3 aliphatic rings. The number of carbonyl (C=O) groups excluding carboxylic acids is 1. The molecular formula is C18H20O. The summed E-state index contributed by atoms with van der Waals surface area (Å²) in [7, 11) is 0. The molecule has 1 aromatic carbocycles. The highest BCUT2D eigenvalue weighted by Crippen LogP contribution is 2.60. The summed E-state index contributed by atoms with van der Waals surface area (Å²) in [5.41, 5.74) is 3.47. The van der Waals surface area contributed by atoms with E-state index in [2.05, 4.69) is 18.7 Å². The molecule has 2 unspecified atom stereocenters. The second-order valence-corrected chi connectivity index (χ2v) is 6.72. The molecule has 0 saturated heterocycles. The fraction of sp³-hybridized carbons (Fsp3) is 0.500. The van der Waals surface area contributed by atoms with Crippen LogP contribution in [0.2, 0.25) is 0 Å². The molecule has 2 saturated carbocycles. The minimum Gasteiger partial charge on any atom is -0.294 e. The lowest BCUT2D eigenvalue weighted by Gasteiger charge is -2.38. The van der Waals surface area contributed by atoms with Crippen molar-refractivity contribution in [2.45, 2.75) is 38.5 Å². The van der Waals surface area contributed by atoms with Gasteiger partial charge in [-0.25, -0.2) is 0 Å². The van der Waals surface area contributed by atoms with Crippen molar-refractivity contribution in [3.05, 3.63) is 47.5 Å². The lowest BCUT2D eigenvalue weighted by molar-refractivity contribution is 0.0645. The largest absolute Gasteiger partial charge is 0.294 e. The summed E-state index contributed by atoms with van der Waals surface area (Å²) in [6.45, 7) is 4.20. The summed E-state index contributed by atoms with van der Waals surface area (Å²) in [5, 5.41) is 0. The van der Waals surface area contributed by atoms with Crippen LogP contribution in [0.3, 0.4) is 0 Å². The van der Waals surface area contributed by atoms with Crippen LogP contribution in [-0.2, 0) is 6.42 Å². The zero-order valence-corrected chi connectivity index (χ0v) is 11.3. The number of benzene rings is 1. The number of ketones is 1. The van der Waals surface area contributed by atoms with Crippen molar-refractivity contribution in [3.63, 3.8) is 0 Å². The number of rotatable bonds is 1. The van der Waals surface area contributed by atoms with Gasteiger partial charge in [-0.2, -0.15) is 0 Å². The van der Waals surface area contributed by atoms with Gasteiger partial charge in [0.05, 0.1) is 0 Å². The molecule has 1 aromatic rings. The summed E-state index contributed by atoms with van der Waals surface area (Å²) >= 11 is 0. The Morgan fingerprint density at radius 2 is 2.00 bits per heavy atom. The Balaban J connectivity index is 1.79. The maximum Gasteiger partial charge on any atom is 0.169 e. The molecule has 0 radical (unpaired) electrons. The first-order chi connectivity index (χ1) is 9.21. The standard InChI is InChI=1S/C18H20O/c1-12-10-16(14-6-7-14)18(11-12)9-8-13-4-2-3-5-15(13)17(18)19/h2-5,14,16H,1,6-11H2. The Kier molecular flexibility index (Phi) is 2.30. The van der Waals surface area contributed by atoms with Crippen LogP contribution in [0.4, 0.5) is 0 Å². The molecule has 2 atom stereocenters. The van der Waals surface area contributed by atoms with Crippen LogP contribution in [-0.4, -0.2) is 5.78 Å². The maximum absolute atomic E-state index is 13.1. The first-order valence-corrected chi connectivity index (χ1v) is 7.50. The SMILES string of the molecule is C=C1CC(C2CC2)C2(CCc3ccccc3C2=O)C1. The fourth-order valence-corrected chi connectivity index (χ4v) is 4.49. The van der Waals surface area contributed by atoms with E-state index >= 15 is 0 Å². The molecule has 1 nitrogen and oxygen atoms in total. The van der Waals surface area contributed by atoms with E-state index in [9.17, 15) is 4.79 Å². The smallest absolute Gasteiger partial charge is 0.169 e. The lowest BCUT2D eigenvalue weighted by Crippen LogP contribution is -2.40. The van der Waals surface area contributed by atoms with Gasteiger partial charge in [0.1, 0.15) is 0 Å². The maximum atomic E-state index is 13.1. The minimum atomic E-state index is -0.0907. The first kappa shape index (κ1) is 11.5. The minimum absolute atomic E-state index is 0.0907. The summed E-state index contributed by atoms with van der Waals surface area (Å²) in [6.07, 6.45) is 6.81. The van der Waals surface area contributed by atoms with E-state index in [0.717, 1.165) is 37.2 Å². The topological polar surface area (TPSA) is 17.1 Å². The quantitative estimate of drug-likeness (QED) is 0.685. The first-order valence-electron chi connectivity index (χ1n) is 7.50. The zero-order valence-electron chi connectivity index (χ0n) is 11.3. The van der Waals surface area contributed by atoms with Crippen molar-refractivity contribution in [2.24, 2.45) is 17.3 Å². The van der Waals surface area contributed by atoms with Gasteiger partial charge in [0, 0.05) is 11.0 Å². The number of fused-ring (bicyclic) bond motifs is 1. The number of allylic oxidation sites excluding steroid dienone is 1. The van der Waals surface area contributed by atoms with Gasteiger partial charge >= 0.3 is 0 Å². The van der Waals surface area contributed by atoms with Crippen molar-refractivity contribution in [1.82, 2.24) is 0 Å². The number of aryl methyl sites for hydroxylation is 1. The summed E-state index contributed by atoms with van der Waals surface area (Å²) < 4.78 is 0. The number of Topliss-reactive ketones (excluding diaryl/α,β-unsaturated/α-hetero) is 1. The van der Waals surface area contributed by atoms with Crippen LogP contribution in [0.25, 0.3) is 0 Å². The molecule has 0 bridgehead atoms. The highest BCUT2D eigenvalue weighted by molar-refractivity contribution is 6.03. The highest BCUT2D eigenvalue weighted by Gasteiger charge is 2.56. The second kappa shape index (κ2) is 3.82. The Morgan fingerprint density at radius 3 is 2.79 bits per heavy atom. The van der Waals surface area contributed by atoms with Crippen molar-refractivity contribution >= 4 is 5.78 Å². The van der Waals surface area contributed by atoms with Gasteiger partial charge in [-0.15, -0.1) is 0 Å². The monoisotopic (exact) mass is 252 g/mol. The molecule has 4 rings (SSSR count). The van der Waals surface area contributed by atoms with Crippen LogP contribution >= 0.6 is 0 Å². The van der Waals surface area contributed by atoms with Crippen LogP contribution < -0.4 is 0 Å². The summed E-state index contributed by atoms with van der Waals surface area (Å²) in [6, 6.07) is 8.21. The highest BCUT2D eigenvalue weighted by atomic mass is 16.1. The van der Waals surface area contributed by atoms with E-state index < -0.39 is 0 Å². The van der Waals surface area contributed by atoms with Crippen LogP contribution in [0, 0.1) is 17.3 Å². The number of hydrogen-bond donors (Lipinski definition) is 0. The van der Waals surface area contributed by atoms with Gasteiger partial charge < -0.3 is 0 Å². The van der Waals surface area contributed by atoms with Gasteiger partial charge in [0.15, 0.2) is 5.78 Å². The molecule has 0 aromatic heterocycles. The third-order valence-corrected chi connectivity index (χ3v) is 5.53. The molecular weight excluding hydrogens is 232 g/mol. The number of hydrogen-bond acceptors (Lipinski definition) is 1. The van der Waals surface area contributed by atoms with E-state index in [1.54, 1.807) is 0 Å². The third kappa shape index (κ3) is 1.57. The summed E-state index contributed by atoms with van der Waals surface area (Å²) in [5.74, 6) is 1.80. The number of carbonyl (C=O) groups is 1. The van der Waals surface area contributed by atoms with E-state index in [-0.39, 0.29) is 5.41 Å². The van der Waals surface area contributed by atoms with Gasteiger partial charge in [0.25, 0.3) is 0 Å². The molecule has 0 aliphatic heterocycles. The normalized spacial score (nSPS) is 33.8. The summed E-state index contributed by atoms with van der Waals surface area (Å²) in [4.78, 5) is 13.1. The van der Waals surface area contributed by atoms with Gasteiger partial charge in [-0.05, 0) is 55.9 Å². The molecule has 1 spiro atoms. The Labute approximate surface area is 114 Å². The van der Waals surface area contributed by atoms with Gasteiger partial charge in [-0.1, -0.05) is 36.4 Å². The van der Waals surface area contributed by atoms with E-state index in [1.165, 1.54) is 24.0 Å². The van der Waals surface area contributed by atoms with E-state index in [0.29, 0.717) is 11.7 Å². The molecule has 98 valence electrons. The van der Waals surface area contributed by atoms with Crippen molar-refractivity contribution < 1.29 is 4.79 Å². The lowest BCUT2D eigenvalue weighted by atomic mass is 9.63. The van der Waals surface area contributed by atoms with Crippen LogP contribution in [0.5, 0.6) is 0 Å². The van der Waals surface area contributed by atoms with Crippen LogP contribution in [0.1, 0.15) is 48.0 Å². The molecule has 19 heavy (non-hydrogen) atoms. The van der Waals surface area contributed by atoms with Crippen molar-refractivity contribution in [2.75, 3.05) is 0 Å². The third-order valence-electron chi connectivity index (χ3n) is 5.53. The fourth-order valence-electron chi connectivity index (χ4n) is 4.49. The predicted octanol–water partition coefficient (Wildman–Crippen LogP) is 4.18. The van der Waals surface area contributed by atoms with E-state index in [4.69, 9.17) is 0 Å². The Hall–Kier alpha value is -1.37. The van der Waals surface area contributed by atoms with Crippen LogP contribution in [0.15, 0.2) is 36.4 Å². The average Bonchev–Trinajstić information content (AvgIpc) is 3.20. The molecule has 2 fully saturated rings. The van der Waals surface area contributed by atoms with Crippen molar-refractivity contribution in [1.29, 1.82) is 0 Å². The van der Waals surface area contributed by atoms with Gasteiger partial charge in [0.2, 0.25) is 0 Å². The molecule has 0 heterocycles. The Bertz CT molecular complexity index is 567. The Morgan fingerprint density at radius 1 is 1.21 bits per heavy atom. The zero-order chi connectivity index (χ0) is 13.0. The molecule has 3 aliphatic carbocycles. The molecule has 1 heteroatoms. The molecule has 0 amide bonds. The average molecular weight is 252 g/mol. The van der Waals surface area contributed by atoms with Crippen molar-refractivity contribution in [3.8, 4) is 0 Å². The second-order valence-electron chi connectivity index (χ2n) is 6.72. The van der Waals surface area contributed by atoms with Gasteiger partial charge in [-0.3, -0.25) is 4.79 Å². The molecule has 0 N–H and O–H groups in total. The predicted molar refractivity (Wildman–Crippen MR) is 76.1 cm³/mol.